The van der Waals surface area contributed by atoms with E-state index in [4.69, 9.17) is 4.74 Å². The van der Waals surface area contributed by atoms with Crippen LogP contribution in [-0.4, -0.2) is 29.9 Å². The molecule has 0 aliphatic heterocycles. The maximum absolute atomic E-state index is 11.5. The summed E-state index contributed by atoms with van der Waals surface area (Å²) in [6, 6.07) is 7.14. The van der Waals surface area contributed by atoms with Crippen LogP contribution < -0.4 is 15.6 Å². The first kappa shape index (κ1) is 16.8. The van der Waals surface area contributed by atoms with Crippen molar-refractivity contribution in [1.29, 1.82) is 0 Å². The van der Waals surface area contributed by atoms with Crippen LogP contribution in [0.4, 0.5) is 0 Å². The number of halogens is 1. The van der Waals surface area contributed by atoms with Crippen molar-refractivity contribution in [2.45, 2.75) is 13.3 Å². The van der Waals surface area contributed by atoms with Crippen LogP contribution in [-0.2, 0) is 9.59 Å². The highest BCUT2D eigenvalue weighted by atomic mass is 79.9. The molecule has 1 aromatic rings. The van der Waals surface area contributed by atoms with E-state index < -0.39 is 5.91 Å². The number of hydrogen-bond donors (Lipinski definition) is 2. The number of amides is 2. The first-order chi connectivity index (χ1) is 9.61. The van der Waals surface area contributed by atoms with Crippen molar-refractivity contribution < 1.29 is 14.3 Å². The van der Waals surface area contributed by atoms with Crippen molar-refractivity contribution in [3.05, 3.63) is 28.7 Å². The fraction of sp³-hybridized carbons (Fsp3) is 0.385. The van der Waals surface area contributed by atoms with Gasteiger partial charge in [0.15, 0.2) is 6.61 Å². The van der Waals surface area contributed by atoms with Gasteiger partial charge in [-0.3, -0.25) is 20.4 Å². The number of carbonyl (C=O) groups is 2. The van der Waals surface area contributed by atoms with Gasteiger partial charge < -0.3 is 4.74 Å². The molecule has 0 unspecified atom stereocenters. The number of benzene rings is 1. The number of hydrogen-bond acceptors (Lipinski definition) is 4. The molecule has 2 amide bonds. The van der Waals surface area contributed by atoms with Gasteiger partial charge in [-0.25, -0.2) is 0 Å². The van der Waals surface area contributed by atoms with Crippen molar-refractivity contribution in [2.75, 3.05) is 18.1 Å². The zero-order valence-electron chi connectivity index (χ0n) is 11.1. The molecule has 1 aromatic carbocycles. The van der Waals surface area contributed by atoms with Crippen LogP contribution in [0.2, 0.25) is 0 Å². The normalized spacial score (nSPS) is 9.90. The monoisotopic (exact) mass is 360 g/mol. The molecular weight excluding hydrogens is 344 g/mol. The van der Waals surface area contributed by atoms with E-state index in [9.17, 15) is 9.59 Å². The predicted octanol–water partition coefficient (Wildman–Crippen LogP) is 2.12. The summed E-state index contributed by atoms with van der Waals surface area (Å²) in [4.78, 5) is 22.8. The Morgan fingerprint density at radius 1 is 1.20 bits per heavy atom. The zero-order chi connectivity index (χ0) is 14.8. The van der Waals surface area contributed by atoms with E-state index in [0.717, 1.165) is 16.0 Å². The van der Waals surface area contributed by atoms with Gasteiger partial charge in [-0.1, -0.05) is 22.9 Å². The molecule has 7 heteroatoms. The summed E-state index contributed by atoms with van der Waals surface area (Å²) in [6.07, 6.45) is 0.381. The van der Waals surface area contributed by atoms with Gasteiger partial charge in [0, 0.05) is 16.6 Å². The van der Waals surface area contributed by atoms with Crippen molar-refractivity contribution in [3.8, 4) is 5.75 Å². The highest BCUT2D eigenvalue weighted by Gasteiger charge is 2.05. The maximum atomic E-state index is 11.5. The summed E-state index contributed by atoms with van der Waals surface area (Å²) < 4.78 is 6.20. The molecule has 1 rings (SSSR count). The fourth-order valence-corrected chi connectivity index (χ4v) is 2.11. The van der Waals surface area contributed by atoms with Gasteiger partial charge in [0.1, 0.15) is 5.75 Å². The molecule has 110 valence electrons. The predicted molar refractivity (Wildman–Crippen MR) is 83.5 cm³/mol. The van der Waals surface area contributed by atoms with Gasteiger partial charge in [-0.15, -0.1) is 0 Å². The summed E-state index contributed by atoms with van der Waals surface area (Å²) >= 11 is 4.99. The van der Waals surface area contributed by atoms with Crippen LogP contribution in [0.15, 0.2) is 28.7 Å². The van der Waals surface area contributed by atoms with E-state index >= 15 is 0 Å². The van der Waals surface area contributed by atoms with Crippen molar-refractivity contribution in [2.24, 2.45) is 0 Å². The van der Waals surface area contributed by atoms with Crippen LogP contribution in [0.3, 0.4) is 0 Å². The summed E-state index contributed by atoms with van der Waals surface area (Å²) in [5, 5.41) is 0. The molecule has 0 fully saturated rings. The minimum Gasteiger partial charge on any atom is -0.484 e. The van der Waals surface area contributed by atoms with Crippen molar-refractivity contribution in [1.82, 2.24) is 10.9 Å². The Kier molecular flexibility index (Phi) is 8.13. The lowest BCUT2D eigenvalue weighted by Crippen LogP contribution is -2.43. The van der Waals surface area contributed by atoms with Gasteiger partial charge in [-0.05, 0) is 30.0 Å². The summed E-state index contributed by atoms with van der Waals surface area (Å²) in [5.74, 6) is 1.70. The molecule has 0 atom stereocenters. The largest absolute Gasteiger partial charge is 0.484 e. The number of nitrogens with one attached hydrogen (secondary N) is 2. The quantitative estimate of drug-likeness (QED) is 0.577. The third-order valence-electron chi connectivity index (χ3n) is 2.20. The Labute approximate surface area is 130 Å². The van der Waals surface area contributed by atoms with Crippen LogP contribution in [0.25, 0.3) is 0 Å². The molecule has 0 aromatic heterocycles. The molecular formula is C13H17BrN2O3S. The zero-order valence-corrected chi connectivity index (χ0v) is 13.6. The van der Waals surface area contributed by atoms with E-state index in [1.165, 1.54) is 0 Å². The van der Waals surface area contributed by atoms with Gasteiger partial charge in [0.2, 0.25) is 5.91 Å². The molecule has 5 nitrogen and oxygen atoms in total. The van der Waals surface area contributed by atoms with Gasteiger partial charge in [-0.2, -0.15) is 11.8 Å². The molecule has 20 heavy (non-hydrogen) atoms. The minimum atomic E-state index is -0.399. The van der Waals surface area contributed by atoms with Crippen molar-refractivity contribution >= 4 is 39.5 Å². The summed E-state index contributed by atoms with van der Waals surface area (Å²) in [6.45, 7) is 1.88. The lowest BCUT2D eigenvalue weighted by Gasteiger charge is -2.08. The van der Waals surface area contributed by atoms with Crippen molar-refractivity contribution in [3.63, 3.8) is 0 Å². The van der Waals surface area contributed by atoms with E-state index in [1.807, 2.05) is 19.1 Å². The smallest absolute Gasteiger partial charge is 0.276 e. The topological polar surface area (TPSA) is 67.4 Å². The van der Waals surface area contributed by atoms with Gasteiger partial charge in [0.25, 0.3) is 5.91 Å². The standard InChI is InChI=1S/C13H17BrN2O3S/c1-2-20-8-7-12(17)15-16-13(18)9-19-11-5-3-10(14)4-6-11/h3-6H,2,7-9H2,1H3,(H,15,17)(H,16,18). The Hall–Kier alpha value is -1.21. The Balaban J connectivity index is 2.17. The first-order valence-corrected chi connectivity index (χ1v) is 8.10. The number of ether oxygens (including phenoxy) is 1. The molecule has 0 heterocycles. The molecule has 0 saturated heterocycles. The number of rotatable bonds is 7. The average molecular weight is 361 g/mol. The molecule has 0 spiro atoms. The number of thioether (sulfide) groups is 1. The second-order valence-corrected chi connectivity index (χ2v) is 6.10. The fourth-order valence-electron chi connectivity index (χ4n) is 1.23. The second-order valence-electron chi connectivity index (χ2n) is 3.79. The SMILES string of the molecule is CCSCCC(=O)NNC(=O)COc1ccc(Br)cc1. The Bertz CT molecular complexity index is 440. The molecule has 0 aliphatic rings. The van der Waals surface area contributed by atoms with Crippen LogP contribution in [0.1, 0.15) is 13.3 Å². The van der Waals surface area contributed by atoms with E-state index in [2.05, 4.69) is 26.8 Å². The molecule has 0 aliphatic carbocycles. The van der Waals surface area contributed by atoms with E-state index in [0.29, 0.717) is 12.2 Å². The highest BCUT2D eigenvalue weighted by molar-refractivity contribution is 9.10. The van der Waals surface area contributed by atoms with E-state index in [-0.39, 0.29) is 12.5 Å². The Morgan fingerprint density at radius 3 is 2.50 bits per heavy atom. The minimum absolute atomic E-state index is 0.147. The summed E-state index contributed by atoms with van der Waals surface area (Å²) in [5.41, 5.74) is 4.66. The average Bonchev–Trinajstić information content (AvgIpc) is 2.45. The summed E-state index contributed by atoms with van der Waals surface area (Å²) in [7, 11) is 0. The van der Waals surface area contributed by atoms with Crippen LogP contribution >= 0.6 is 27.7 Å². The van der Waals surface area contributed by atoms with Crippen LogP contribution in [0, 0.1) is 0 Å². The molecule has 0 bridgehead atoms. The first-order valence-electron chi connectivity index (χ1n) is 6.15. The third-order valence-corrected chi connectivity index (χ3v) is 3.63. The van der Waals surface area contributed by atoms with Crippen LogP contribution in [0.5, 0.6) is 5.75 Å². The molecule has 0 saturated carbocycles. The lowest BCUT2D eigenvalue weighted by molar-refractivity contribution is -0.129. The molecule has 0 radical (unpaired) electrons. The number of hydrazine groups is 1. The van der Waals surface area contributed by atoms with Gasteiger partial charge in [0.05, 0.1) is 0 Å². The second kappa shape index (κ2) is 9.66. The van der Waals surface area contributed by atoms with Gasteiger partial charge >= 0.3 is 0 Å². The third kappa shape index (κ3) is 7.40. The molecule has 2 N–H and O–H groups in total. The van der Waals surface area contributed by atoms with E-state index in [1.54, 1.807) is 23.9 Å². The Morgan fingerprint density at radius 2 is 1.85 bits per heavy atom. The lowest BCUT2D eigenvalue weighted by atomic mass is 10.3. The number of carbonyl (C=O) groups excluding carboxylic acids is 2. The maximum Gasteiger partial charge on any atom is 0.276 e. The highest BCUT2D eigenvalue weighted by Crippen LogP contribution is 2.15.